The normalized spacial score (nSPS) is 18.9. The quantitative estimate of drug-likeness (QED) is 0.0370. The Morgan fingerprint density at radius 2 is 1.60 bits per heavy atom. The molecule has 1 aromatic heterocycles. The first-order chi connectivity index (χ1) is 37.4. The zero-order valence-corrected chi connectivity index (χ0v) is 46.0. The number of piperidine rings is 1. The van der Waals surface area contributed by atoms with E-state index in [0.29, 0.717) is 28.0 Å². The lowest BCUT2D eigenvalue weighted by molar-refractivity contribution is -0.155. The first-order valence-corrected chi connectivity index (χ1v) is 27.1. The Bertz CT molecular complexity index is 2980. The van der Waals surface area contributed by atoms with Gasteiger partial charge < -0.3 is 39.2 Å². The average Bonchev–Trinajstić information content (AvgIpc) is 4.22. The monoisotopic (exact) mass is 1110 g/mol. The average molecular weight is 1110 g/mol. The summed E-state index contributed by atoms with van der Waals surface area (Å²) in [6.45, 7) is 12.8. The number of fused-ring (bicyclic) bond motifs is 4. The molecule has 0 bridgehead atoms. The number of hydrogen-bond acceptors (Lipinski definition) is 17. The van der Waals surface area contributed by atoms with Crippen LogP contribution in [-0.4, -0.2) is 143 Å². The summed E-state index contributed by atoms with van der Waals surface area (Å²) in [5, 5.41) is 17.9. The molecule has 0 saturated carbocycles. The number of anilines is 2. The Morgan fingerprint density at radius 3 is 2.32 bits per heavy atom. The van der Waals surface area contributed by atoms with Gasteiger partial charge in [0.15, 0.2) is 5.82 Å². The van der Waals surface area contributed by atoms with Crippen LogP contribution in [0.15, 0.2) is 82.2 Å². The van der Waals surface area contributed by atoms with Crippen LogP contribution in [0.25, 0.3) is 0 Å². The molecule has 23 heteroatoms. The number of esters is 1. The zero-order chi connectivity index (χ0) is 55.7. The van der Waals surface area contributed by atoms with Gasteiger partial charge in [-0.05, 0) is 113 Å². The molecule has 8 rings (SSSR count). The number of aromatic nitrogens is 3. The minimum absolute atomic E-state index is 0.0115. The number of amides is 6. The highest BCUT2D eigenvalue weighted by molar-refractivity contribution is 8.03. The minimum Gasteiger partial charge on any atom is -0.491 e. The Kier molecular flexibility index (Phi) is 18.7. The molecule has 5 heterocycles. The van der Waals surface area contributed by atoms with Crippen molar-refractivity contribution in [2.75, 3.05) is 69.9 Å². The number of rotatable bonds is 23. The third-order valence-electron chi connectivity index (χ3n) is 13.3. The number of thioether (sulfide) groups is 1. The number of carbonyl (C=O) groups excluding carboxylic acids is 7. The maximum Gasteiger partial charge on any atom is 0.409 e. The van der Waals surface area contributed by atoms with Crippen molar-refractivity contribution in [1.82, 2.24) is 29.9 Å². The summed E-state index contributed by atoms with van der Waals surface area (Å²) in [6, 6.07) is 17.7. The molecule has 21 nitrogen and oxygen atoms in total. The van der Waals surface area contributed by atoms with Crippen molar-refractivity contribution in [1.29, 1.82) is 0 Å². The van der Waals surface area contributed by atoms with E-state index in [1.54, 1.807) is 68.9 Å². The number of aliphatic imine (C=N–C) groups is 1. The van der Waals surface area contributed by atoms with Crippen LogP contribution < -0.4 is 20.7 Å². The molecule has 4 atom stereocenters. The number of aryl methyl sites for hydroxylation is 1. The third-order valence-corrected chi connectivity index (χ3v) is 14.9. The molecule has 414 valence electrons. The number of nitrogens with one attached hydrogen (secondary N) is 3. The van der Waals surface area contributed by atoms with Gasteiger partial charge in [-0.3, -0.25) is 48.5 Å². The van der Waals surface area contributed by atoms with E-state index >= 15 is 0 Å². The highest BCUT2D eigenvalue weighted by Crippen LogP contribution is 2.53. The van der Waals surface area contributed by atoms with Crippen molar-refractivity contribution in [3.63, 3.8) is 0 Å². The fraction of sp³-hybridized carbons (Fsp3) is 0.455. The number of imide groups is 2. The molecule has 0 radical (unpaired) electrons. The summed E-state index contributed by atoms with van der Waals surface area (Å²) in [6.07, 6.45) is -0.184. The van der Waals surface area contributed by atoms with Crippen molar-refractivity contribution < 1.29 is 57.2 Å². The molecule has 4 aromatic rings. The second-order valence-corrected chi connectivity index (χ2v) is 21.7. The van der Waals surface area contributed by atoms with Crippen LogP contribution in [0.1, 0.15) is 116 Å². The topological polar surface area (TPSA) is 251 Å². The molecule has 1 saturated heterocycles. The second kappa shape index (κ2) is 25.6. The first-order valence-electron chi connectivity index (χ1n) is 25.9. The molecule has 3 unspecified atom stereocenters. The Hall–Kier alpha value is -7.14. The molecule has 0 spiro atoms. The Morgan fingerprint density at radius 1 is 0.872 bits per heavy atom. The standard InChI is InChI=1S/C55H64ClN9O12S/c1-32-33(2)78-53-46(32)48(35-12-14-36(56)15-13-35)59-41(49-62-61-34(3)64(49)53)31-44(67)58-37-16-18-38(19-17-37)75-30-29-74-28-24-63(54(72)76-25-8-11-45(68)77-55(4,5)6)23-27-73-26-22-57-40-10-7-9-39-47(40)52(71)65(51(39)70)42-20-21-43(66)60-50(42)69/h7,9-10,12-19,41-42,46,53,57H,8,11,20-31H2,1-6H3,(H,58,67)(H,60,66,69)/t41-,42?,46?,53?/m0/s1. The summed E-state index contributed by atoms with van der Waals surface area (Å²) >= 11 is 8.03. The molecule has 0 aliphatic carbocycles. The Labute approximate surface area is 461 Å². The molecule has 1 fully saturated rings. The fourth-order valence-electron chi connectivity index (χ4n) is 9.43. The van der Waals surface area contributed by atoms with Crippen LogP contribution in [-0.2, 0) is 38.1 Å². The summed E-state index contributed by atoms with van der Waals surface area (Å²) in [4.78, 5) is 98.9. The van der Waals surface area contributed by atoms with E-state index in [1.165, 1.54) is 21.4 Å². The number of nitrogens with zero attached hydrogens (tertiary/aromatic N) is 6. The summed E-state index contributed by atoms with van der Waals surface area (Å²) in [7, 11) is 0. The van der Waals surface area contributed by atoms with Gasteiger partial charge in [0.05, 0.1) is 67.6 Å². The zero-order valence-electron chi connectivity index (χ0n) is 44.4. The number of benzene rings is 3. The van der Waals surface area contributed by atoms with Crippen LogP contribution in [0.5, 0.6) is 5.75 Å². The van der Waals surface area contributed by atoms with Gasteiger partial charge in [-0.15, -0.1) is 22.0 Å². The van der Waals surface area contributed by atoms with E-state index in [1.807, 2.05) is 31.2 Å². The Balaban J connectivity index is 0.792. The molecule has 3 aromatic carbocycles. The van der Waals surface area contributed by atoms with Gasteiger partial charge in [-0.1, -0.05) is 35.4 Å². The fourth-order valence-corrected chi connectivity index (χ4v) is 11.1. The number of allylic oxidation sites excluding steroid dienone is 2. The molecular weight excluding hydrogens is 1050 g/mol. The van der Waals surface area contributed by atoms with E-state index in [-0.39, 0.29) is 120 Å². The number of hydrogen-bond donors (Lipinski definition) is 3. The van der Waals surface area contributed by atoms with E-state index in [0.717, 1.165) is 22.0 Å². The highest BCUT2D eigenvalue weighted by Gasteiger charge is 2.46. The van der Waals surface area contributed by atoms with Crippen LogP contribution in [0.4, 0.5) is 16.2 Å². The lowest BCUT2D eigenvalue weighted by Crippen LogP contribution is -2.54. The van der Waals surface area contributed by atoms with Crippen molar-refractivity contribution >= 4 is 82.0 Å². The molecule has 3 N–H and O–H groups in total. The van der Waals surface area contributed by atoms with Crippen LogP contribution in [0, 0.1) is 12.8 Å². The van der Waals surface area contributed by atoms with Crippen molar-refractivity contribution in [3.8, 4) is 5.75 Å². The van der Waals surface area contributed by atoms with Gasteiger partial charge in [0, 0.05) is 48.9 Å². The second-order valence-electron chi connectivity index (χ2n) is 20.0. The molecule has 78 heavy (non-hydrogen) atoms. The van der Waals surface area contributed by atoms with E-state index in [4.69, 9.17) is 40.3 Å². The summed E-state index contributed by atoms with van der Waals surface area (Å²) in [5.74, 6) is -1.13. The molecule has 6 amide bonds. The lowest BCUT2D eigenvalue weighted by Gasteiger charge is -2.27. The molecule has 4 aliphatic rings. The van der Waals surface area contributed by atoms with Gasteiger partial charge in [-0.2, -0.15) is 0 Å². The van der Waals surface area contributed by atoms with E-state index in [2.05, 4.69) is 44.6 Å². The van der Waals surface area contributed by atoms with E-state index in [9.17, 15) is 33.6 Å². The maximum absolute atomic E-state index is 13.7. The predicted molar refractivity (Wildman–Crippen MR) is 290 cm³/mol. The number of carbonyl (C=O) groups is 7. The minimum atomic E-state index is -1.09. The van der Waals surface area contributed by atoms with Gasteiger partial charge in [0.1, 0.15) is 35.9 Å². The van der Waals surface area contributed by atoms with Gasteiger partial charge >= 0.3 is 12.1 Å². The summed E-state index contributed by atoms with van der Waals surface area (Å²) in [5.41, 5.74) is 3.63. The molecular formula is C55H64ClN9O12S. The number of halogens is 1. The molecule has 4 aliphatic heterocycles. The number of ether oxygens (including phenoxy) is 5. The van der Waals surface area contributed by atoms with Gasteiger partial charge in [0.25, 0.3) is 11.8 Å². The van der Waals surface area contributed by atoms with Crippen LogP contribution >= 0.6 is 23.4 Å². The van der Waals surface area contributed by atoms with Crippen molar-refractivity contribution in [3.05, 3.63) is 111 Å². The van der Waals surface area contributed by atoms with Gasteiger partial charge in [0.2, 0.25) is 17.7 Å². The van der Waals surface area contributed by atoms with Gasteiger partial charge in [-0.25, -0.2) is 4.79 Å². The maximum atomic E-state index is 13.7. The highest BCUT2D eigenvalue weighted by atomic mass is 35.5. The first kappa shape index (κ1) is 57.0. The predicted octanol–water partition coefficient (Wildman–Crippen LogP) is 7.45. The smallest absolute Gasteiger partial charge is 0.409 e. The van der Waals surface area contributed by atoms with Crippen LogP contribution in [0.3, 0.4) is 0 Å². The largest absolute Gasteiger partial charge is 0.491 e. The summed E-state index contributed by atoms with van der Waals surface area (Å²) < 4.78 is 30.6. The van der Waals surface area contributed by atoms with Crippen LogP contribution in [0.2, 0.25) is 5.02 Å². The third kappa shape index (κ3) is 13.9. The lowest BCUT2D eigenvalue weighted by atomic mass is 9.90. The van der Waals surface area contributed by atoms with Crippen molar-refractivity contribution in [2.24, 2.45) is 10.9 Å². The van der Waals surface area contributed by atoms with Crippen molar-refractivity contribution in [2.45, 2.75) is 96.7 Å². The SMILES string of the molecule is CC1=C(C)C2C(c3ccc(Cl)cc3)=N[C@@H](CC(=O)Nc3ccc(OCCOCCN(CCOCCNc4cccc5c4C(=O)N(C4CCC(=O)NC4=O)C5=O)C(=O)OCCCC(=O)OC(C)(C)C)cc3)c3nnc(C)n3C2S1. The van der Waals surface area contributed by atoms with E-state index < -0.39 is 53.4 Å².